The summed E-state index contributed by atoms with van der Waals surface area (Å²) in [5, 5.41) is 34.9. The number of nitrogens with one attached hydrogen (secondary N) is 1. The molecule has 0 fully saturated rings. The van der Waals surface area contributed by atoms with Crippen LogP contribution in [-0.4, -0.2) is 15.4 Å². The second kappa shape index (κ2) is 7.40. The van der Waals surface area contributed by atoms with Gasteiger partial charge in [0.1, 0.15) is 17.2 Å². The number of hydrogen-bond acceptors (Lipinski definition) is 5. The molecule has 0 bridgehead atoms. The normalized spacial score (nSPS) is 10.4. The van der Waals surface area contributed by atoms with Crippen molar-refractivity contribution < 1.29 is 25.3 Å². The van der Waals surface area contributed by atoms with Crippen LogP contribution in [0, 0.1) is 12.3 Å². The fraction of sp³-hybridized carbons (Fsp3) is 0.0833. The maximum absolute atomic E-state index is 9.97. The average Bonchev–Trinajstić information content (AvgIpc) is 2.47. The number of azo groups is 1. The van der Waals surface area contributed by atoms with E-state index in [-0.39, 0.29) is 22.4 Å². The molecule has 0 aliphatic carbocycles. The third-order valence-corrected chi connectivity index (χ3v) is 2.69. The summed E-state index contributed by atoms with van der Waals surface area (Å²) in [4.78, 5) is 0. The van der Waals surface area contributed by atoms with E-state index in [1.807, 2.05) is 0 Å². The van der Waals surface area contributed by atoms with Gasteiger partial charge in [0.25, 0.3) is 0 Å². The van der Waals surface area contributed by atoms with Crippen molar-refractivity contribution in [3.63, 3.8) is 0 Å². The summed E-state index contributed by atoms with van der Waals surface area (Å²) in [6, 6.07) is 6.95. The Labute approximate surface area is 133 Å². The van der Waals surface area contributed by atoms with Gasteiger partial charge in [0, 0.05) is 21.5 Å². The number of halogens is 1. The number of amidine groups is 1. The van der Waals surface area contributed by atoms with Crippen LogP contribution < -0.4 is 0 Å². The first kappa shape index (κ1) is 16.7. The molecule has 0 amide bonds. The molecular weight excluding hydrogens is 349 g/mol. The molecule has 0 aliphatic heterocycles. The van der Waals surface area contributed by atoms with Crippen molar-refractivity contribution in [3.8, 4) is 11.5 Å². The first-order valence-corrected chi connectivity index (χ1v) is 6.94. The van der Waals surface area contributed by atoms with E-state index in [1.54, 1.807) is 31.2 Å². The van der Waals surface area contributed by atoms with Gasteiger partial charge in [-0.1, -0.05) is 24.3 Å². The molecule has 20 heavy (non-hydrogen) atoms. The Hall–Kier alpha value is -1.40. The second-order valence-corrected chi connectivity index (χ2v) is 4.11. The summed E-state index contributed by atoms with van der Waals surface area (Å²) < 4.78 is 0. The Morgan fingerprint density at radius 1 is 1.20 bits per heavy atom. The molecule has 109 valence electrons. The van der Waals surface area contributed by atoms with E-state index in [4.69, 9.17) is 5.41 Å². The third kappa shape index (κ3) is 3.37. The van der Waals surface area contributed by atoms with E-state index >= 15 is 0 Å². The molecule has 0 aliphatic rings. The van der Waals surface area contributed by atoms with Gasteiger partial charge in [-0.05, 0) is 6.92 Å². The van der Waals surface area contributed by atoms with E-state index in [0.717, 1.165) is 0 Å². The van der Waals surface area contributed by atoms with Crippen molar-refractivity contribution >= 4 is 44.4 Å². The number of hydrogen-bond donors (Lipinski definition) is 3. The van der Waals surface area contributed by atoms with Gasteiger partial charge in [-0.25, -0.2) is 0 Å². The molecule has 2 aromatic carbocycles. The minimum atomic E-state index is -0.371. The van der Waals surface area contributed by atoms with Crippen molar-refractivity contribution in [2.75, 3.05) is 0 Å². The zero-order valence-corrected chi connectivity index (χ0v) is 12.7. The van der Waals surface area contributed by atoms with Gasteiger partial charge < -0.3 is 28.3 Å². The van der Waals surface area contributed by atoms with E-state index < -0.39 is 0 Å². The molecule has 0 spiro atoms. The van der Waals surface area contributed by atoms with Gasteiger partial charge in [0.2, 0.25) is 0 Å². The molecule has 0 heterocycles. The van der Waals surface area contributed by atoms with Crippen molar-refractivity contribution in [1.29, 1.82) is 5.41 Å². The van der Waals surface area contributed by atoms with E-state index in [0.29, 0.717) is 16.3 Å². The number of phenols is 2. The standard InChI is InChI=1S/C12H11N3O2S.ClH.Cu/c1-6-10(16)8-5-3-2-4-7(8)9(11(6)17)14-15-12(13)18;;/h2-5,16-17H,1H3,(H2,13,18);1H;/q;;+2/p-2. The van der Waals surface area contributed by atoms with Gasteiger partial charge in [-0.2, -0.15) is 5.11 Å². The molecule has 5 nitrogen and oxygen atoms in total. The molecule has 3 N–H and O–H groups in total. The Kier molecular flexibility index (Phi) is 6.16. The summed E-state index contributed by atoms with van der Waals surface area (Å²) in [7, 11) is 4.20. The molecule has 0 saturated carbocycles. The summed E-state index contributed by atoms with van der Waals surface area (Å²) in [6.45, 7) is 1.58. The number of fused-ring (bicyclic) bond motifs is 1. The minimum absolute atomic E-state index is 0.00972. The van der Waals surface area contributed by atoms with Gasteiger partial charge >= 0.3 is 25.2 Å². The molecule has 0 atom stereocenters. The van der Waals surface area contributed by atoms with Crippen LogP contribution >= 0.6 is 10.1 Å². The van der Waals surface area contributed by atoms with Crippen molar-refractivity contribution in [2.24, 2.45) is 10.2 Å². The van der Waals surface area contributed by atoms with Crippen LogP contribution in [0.5, 0.6) is 11.5 Å². The third-order valence-electron chi connectivity index (χ3n) is 2.61. The first-order valence-electron chi connectivity index (χ1n) is 5.24. The fourth-order valence-corrected chi connectivity index (χ4v) is 1.75. The number of nitrogens with zero attached hydrogens (tertiary/aromatic N) is 2. The summed E-state index contributed by atoms with van der Waals surface area (Å²) in [6.07, 6.45) is 0. The number of phenolic OH excluding ortho intramolecular Hbond substituents is 2. The molecule has 2 aromatic rings. The topological polar surface area (TPSA) is 89.0 Å². The monoisotopic (exact) mass is 358 g/mol. The van der Waals surface area contributed by atoms with Crippen LogP contribution in [0.1, 0.15) is 5.56 Å². The number of rotatable bonds is 1. The maximum atomic E-state index is 9.97. The van der Waals surface area contributed by atoms with Crippen LogP contribution in [0.2, 0.25) is 0 Å². The van der Waals surface area contributed by atoms with Gasteiger partial charge in [0.15, 0.2) is 0 Å². The Morgan fingerprint density at radius 2 is 1.75 bits per heavy atom. The van der Waals surface area contributed by atoms with Crippen molar-refractivity contribution in [3.05, 3.63) is 29.8 Å². The molecule has 2 rings (SSSR count). The van der Waals surface area contributed by atoms with E-state index in [9.17, 15) is 10.2 Å². The van der Waals surface area contributed by atoms with Crippen LogP contribution in [0.25, 0.3) is 10.8 Å². The predicted octanol–water partition coefficient (Wildman–Crippen LogP) is 3.81. The summed E-state index contributed by atoms with van der Waals surface area (Å²) in [5.74, 6) is -0.151. The van der Waals surface area contributed by atoms with Gasteiger partial charge in [-0.3, -0.25) is 0 Å². The average molecular weight is 359 g/mol. The Bertz CT molecular complexity index is 679. The molecule has 0 aromatic heterocycles. The molecule has 8 heteroatoms. The van der Waals surface area contributed by atoms with Gasteiger partial charge in [-0.15, -0.1) is 5.11 Å². The first-order chi connectivity index (χ1) is 9.52. The summed E-state index contributed by atoms with van der Waals surface area (Å²) >= 11 is 8.15. The molecule has 0 saturated heterocycles. The quantitative estimate of drug-likeness (QED) is 0.238. The zero-order chi connectivity index (χ0) is 15.3. The Balaban J connectivity index is 0.000000956. The number of aromatic hydroxyl groups is 2. The molecule has 0 unspecified atom stereocenters. The van der Waals surface area contributed by atoms with Crippen molar-refractivity contribution in [2.45, 2.75) is 6.92 Å². The summed E-state index contributed by atoms with van der Waals surface area (Å²) in [5.41, 5.74) is 0.522. The van der Waals surface area contributed by atoms with E-state index in [2.05, 4.69) is 48.1 Å². The van der Waals surface area contributed by atoms with Crippen LogP contribution in [0.3, 0.4) is 0 Å². The zero-order valence-electron chi connectivity index (χ0n) is 10.2. The fourth-order valence-electron chi connectivity index (χ4n) is 1.71. The van der Waals surface area contributed by atoms with Crippen molar-refractivity contribution in [1.82, 2.24) is 0 Å². The predicted molar refractivity (Wildman–Crippen MR) is 77.5 cm³/mol. The van der Waals surface area contributed by atoms with Crippen LogP contribution in [0.4, 0.5) is 5.69 Å². The second-order valence-electron chi connectivity index (χ2n) is 3.72. The molecular formula is C12H10ClCuN3O2S. The van der Waals surface area contributed by atoms with Gasteiger partial charge in [0.05, 0.1) is 0 Å². The van der Waals surface area contributed by atoms with Crippen LogP contribution in [0.15, 0.2) is 34.5 Å². The Morgan fingerprint density at radius 3 is 2.30 bits per heavy atom. The SMILES string of the molecule is Cc1c(O)c(N=NC(=N)[S-])c2ccccc2c1O.[Cl][Cu+]. The van der Waals surface area contributed by atoms with Crippen LogP contribution in [-0.2, 0) is 27.7 Å². The van der Waals surface area contributed by atoms with E-state index in [1.165, 1.54) is 0 Å². The molecule has 0 radical (unpaired) electrons. The number of benzene rings is 2.